The smallest absolute Gasteiger partial charge is 0.407 e. The molecule has 6 N–H and O–H groups in total. The Kier molecular flexibility index (Phi) is 8.73. The van der Waals surface area contributed by atoms with Crippen LogP contribution in [0.5, 0.6) is 0 Å². The number of thiophene rings is 1. The lowest BCUT2D eigenvalue weighted by atomic mass is 9.83. The Labute approximate surface area is 259 Å². The third-order valence-electron chi connectivity index (χ3n) is 6.97. The summed E-state index contributed by atoms with van der Waals surface area (Å²) in [7, 11) is 0. The maximum Gasteiger partial charge on any atom is 0.407 e. The first-order valence-corrected chi connectivity index (χ1v) is 15.0. The highest BCUT2D eigenvalue weighted by Crippen LogP contribution is 2.39. The van der Waals surface area contributed by atoms with Crippen molar-refractivity contribution in [2.45, 2.75) is 52.3 Å². The molecule has 3 heterocycles. The summed E-state index contributed by atoms with van der Waals surface area (Å²) < 4.78 is 25.9. The van der Waals surface area contributed by atoms with E-state index in [0.717, 1.165) is 4.88 Å². The van der Waals surface area contributed by atoms with E-state index >= 15 is 0 Å². The van der Waals surface area contributed by atoms with Gasteiger partial charge >= 0.3 is 6.09 Å². The number of nitrogens with zero attached hydrogens (tertiary/aromatic N) is 2. The van der Waals surface area contributed by atoms with E-state index < -0.39 is 29.5 Å². The van der Waals surface area contributed by atoms with Gasteiger partial charge in [-0.3, -0.25) is 4.79 Å². The standard InChI is InChI=1S/C32H35FN6O4S/c1-17(28-24(18-8-7-9-19(33)14-18)27(40)21-10-5-6-11-22(21)42-28)39-30-25(29(35)37-16-38-30)26(34)23-13-12-20(44-23)15-36-31(41)43-32(2,3)4/h5-9,11-14,17,21H,10,15-16,34H2,1-4H3,(H2,35,37)(H,36,41)(H,38,39)/t17?,21-/m1/s1. The van der Waals surface area contributed by atoms with Crippen LogP contribution in [0.2, 0.25) is 0 Å². The van der Waals surface area contributed by atoms with Gasteiger partial charge in [0.1, 0.15) is 41.3 Å². The number of rotatable bonds is 6. The number of amides is 1. The number of allylic oxidation sites excluding steroid dienone is 5. The molecule has 2 aliphatic heterocycles. The fourth-order valence-corrected chi connectivity index (χ4v) is 5.90. The monoisotopic (exact) mass is 618 g/mol. The molecule has 0 bridgehead atoms. The van der Waals surface area contributed by atoms with E-state index in [1.165, 1.54) is 23.5 Å². The zero-order chi connectivity index (χ0) is 31.6. The number of ketones is 1. The molecule has 1 amide bonds. The zero-order valence-electron chi connectivity index (χ0n) is 24.9. The zero-order valence-corrected chi connectivity index (χ0v) is 25.8. The molecule has 5 rings (SSSR count). The number of nitrogens with one attached hydrogen (secondary N) is 2. The molecule has 0 saturated carbocycles. The van der Waals surface area contributed by atoms with Gasteiger partial charge in [0.15, 0.2) is 5.78 Å². The Morgan fingerprint density at radius 2 is 2.05 bits per heavy atom. The molecule has 3 aliphatic rings. The van der Waals surface area contributed by atoms with E-state index in [9.17, 15) is 14.0 Å². The number of ether oxygens (including phenoxy) is 2. The quantitative estimate of drug-likeness (QED) is 0.364. The van der Waals surface area contributed by atoms with Crippen LogP contribution in [-0.4, -0.2) is 41.9 Å². The molecule has 1 aromatic carbocycles. The molecule has 1 aromatic heterocycles. The number of carbonyl (C=O) groups excluding carboxylic acids is 2. The number of carbonyl (C=O) groups is 2. The molecule has 2 aromatic rings. The normalized spacial score (nSPS) is 20.1. The number of alkyl carbamates (subject to hydrolysis) is 1. The van der Waals surface area contributed by atoms with Crippen LogP contribution in [0.4, 0.5) is 9.18 Å². The third-order valence-corrected chi connectivity index (χ3v) is 8.09. The number of hydrogen-bond donors (Lipinski definition) is 4. The van der Waals surface area contributed by atoms with Gasteiger partial charge in [0.05, 0.1) is 40.2 Å². The first kappa shape index (κ1) is 30.7. The molecule has 1 unspecified atom stereocenters. The van der Waals surface area contributed by atoms with Crippen molar-refractivity contribution >= 4 is 46.2 Å². The number of aliphatic imine (C=N–C) groups is 2. The fourth-order valence-electron chi connectivity index (χ4n) is 4.99. The summed E-state index contributed by atoms with van der Waals surface area (Å²) in [5, 5.41) is 6.07. The van der Waals surface area contributed by atoms with Gasteiger partial charge in [-0.1, -0.05) is 24.3 Å². The van der Waals surface area contributed by atoms with E-state index in [1.54, 1.807) is 39.0 Å². The summed E-state index contributed by atoms with van der Waals surface area (Å²) in [6, 6.07) is 9.01. The van der Waals surface area contributed by atoms with Crippen molar-refractivity contribution in [3.63, 3.8) is 0 Å². The summed E-state index contributed by atoms with van der Waals surface area (Å²) in [5.41, 5.74) is 13.9. The van der Waals surface area contributed by atoms with Crippen molar-refractivity contribution in [2.75, 3.05) is 6.67 Å². The van der Waals surface area contributed by atoms with Crippen LogP contribution < -0.4 is 22.1 Å². The predicted octanol–water partition coefficient (Wildman–Crippen LogP) is 4.76. The maximum absolute atomic E-state index is 14.3. The van der Waals surface area contributed by atoms with Crippen LogP contribution >= 0.6 is 11.3 Å². The Hall–Kier alpha value is -4.71. The van der Waals surface area contributed by atoms with Gasteiger partial charge in [-0.15, -0.1) is 11.3 Å². The van der Waals surface area contributed by atoms with Crippen molar-refractivity contribution in [1.29, 1.82) is 0 Å². The number of benzene rings is 1. The lowest BCUT2D eigenvalue weighted by molar-refractivity contribution is -0.118. The number of Topliss-reactive ketones (excluding diaryl/α,β-unsaturated/α-hetero) is 1. The topological polar surface area (TPSA) is 153 Å². The van der Waals surface area contributed by atoms with Crippen LogP contribution in [0.1, 0.15) is 49.4 Å². The number of halogens is 1. The predicted molar refractivity (Wildman–Crippen MR) is 170 cm³/mol. The average molecular weight is 619 g/mol. The largest absolute Gasteiger partial charge is 0.462 e. The summed E-state index contributed by atoms with van der Waals surface area (Å²) in [6.07, 6.45) is 5.52. The van der Waals surface area contributed by atoms with Crippen LogP contribution in [0, 0.1) is 11.7 Å². The van der Waals surface area contributed by atoms with Gasteiger partial charge in [-0.25, -0.2) is 19.2 Å². The second-order valence-corrected chi connectivity index (χ2v) is 12.6. The fraction of sp³-hybridized carbons (Fsp3) is 0.312. The van der Waals surface area contributed by atoms with Gasteiger partial charge in [0, 0.05) is 4.88 Å². The second kappa shape index (κ2) is 12.5. The molecule has 0 fully saturated rings. The Balaban J connectivity index is 1.43. The van der Waals surface area contributed by atoms with E-state index in [1.807, 2.05) is 31.2 Å². The number of nitrogens with two attached hydrogens (primary N) is 2. The van der Waals surface area contributed by atoms with E-state index in [-0.39, 0.29) is 24.8 Å². The molecule has 44 heavy (non-hydrogen) atoms. The molecule has 1 aliphatic carbocycles. The van der Waals surface area contributed by atoms with Crippen LogP contribution in [0.15, 0.2) is 81.7 Å². The molecule has 0 saturated heterocycles. The number of hydrogen-bond acceptors (Lipinski definition) is 10. The first-order chi connectivity index (χ1) is 20.9. The summed E-state index contributed by atoms with van der Waals surface area (Å²) >= 11 is 1.38. The Morgan fingerprint density at radius 3 is 2.80 bits per heavy atom. The van der Waals surface area contributed by atoms with Gasteiger partial charge in [-0.2, -0.15) is 0 Å². The van der Waals surface area contributed by atoms with Crippen molar-refractivity contribution in [3.8, 4) is 0 Å². The summed E-state index contributed by atoms with van der Waals surface area (Å²) in [4.78, 5) is 36.2. The van der Waals surface area contributed by atoms with Crippen molar-refractivity contribution < 1.29 is 23.5 Å². The van der Waals surface area contributed by atoms with Crippen LogP contribution in [0.3, 0.4) is 0 Å². The molecular weight excluding hydrogens is 583 g/mol. The summed E-state index contributed by atoms with van der Waals surface area (Å²) in [6.45, 7) is 7.56. The minimum atomic E-state index is -0.604. The van der Waals surface area contributed by atoms with Crippen molar-refractivity contribution in [2.24, 2.45) is 27.4 Å². The average Bonchev–Trinajstić information content (AvgIpc) is 3.44. The lowest BCUT2D eigenvalue weighted by Crippen LogP contribution is -2.43. The van der Waals surface area contributed by atoms with E-state index in [0.29, 0.717) is 51.1 Å². The highest BCUT2D eigenvalue weighted by atomic mass is 32.1. The highest BCUT2D eigenvalue weighted by Gasteiger charge is 2.38. The van der Waals surface area contributed by atoms with Crippen molar-refractivity contribution in [3.05, 3.63) is 92.9 Å². The van der Waals surface area contributed by atoms with Gasteiger partial charge in [0.25, 0.3) is 0 Å². The molecule has 12 heteroatoms. The van der Waals surface area contributed by atoms with Crippen LogP contribution in [-0.2, 0) is 20.8 Å². The Morgan fingerprint density at radius 1 is 1.25 bits per heavy atom. The number of amidine groups is 2. The molecule has 10 nitrogen and oxygen atoms in total. The highest BCUT2D eigenvalue weighted by molar-refractivity contribution is 7.13. The number of fused-ring (bicyclic) bond motifs is 1. The SMILES string of the molecule is CC(NC1=NCN=C(N)C1=C(N)c1ccc(CNC(=O)OC(C)(C)C)s1)C1=C(c2cccc(F)c2)C(=O)[C@@H]2CC=CC=C2O1. The van der Waals surface area contributed by atoms with Gasteiger partial charge < -0.3 is 31.6 Å². The van der Waals surface area contributed by atoms with Crippen molar-refractivity contribution in [1.82, 2.24) is 10.6 Å². The molecule has 230 valence electrons. The van der Waals surface area contributed by atoms with E-state index in [4.69, 9.17) is 20.9 Å². The third kappa shape index (κ3) is 6.75. The first-order valence-electron chi connectivity index (χ1n) is 14.2. The minimum absolute atomic E-state index is 0.0841. The maximum atomic E-state index is 14.3. The molecule has 0 spiro atoms. The minimum Gasteiger partial charge on any atom is -0.462 e. The van der Waals surface area contributed by atoms with E-state index in [2.05, 4.69) is 20.6 Å². The molecule has 2 atom stereocenters. The lowest BCUT2D eigenvalue weighted by Gasteiger charge is -2.33. The summed E-state index contributed by atoms with van der Waals surface area (Å²) in [5.74, 6) is 0.381. The van der Waals surface area contributed by atoms with Crippen LogP contribution in [0.25, 0.3) is 11.3 Å². The second-order valence-electron chi connectivity index (χ2n) is 11.5. The van der Waals surface area contributed by atoms with Gasteiger partial charge in [-0.05, 0) is 70.0 Å². The van der Waals surface area contributed by atoms with Gasteiger partial charge in [0.2, 0.25) is 0 Å². The Bertz CT molecular complexity index is 1680. The molecule has 0 radical (unpaired) electrons. The molecular formula is C32H35FN6O4S.